The second-order valence-corrected chi connectivity index (χ2v) is 3.51. The molecule has 0 unspecified atom stereocenters. The normalized spacial score (nSPS) is 13.5. The molecule has 0 bridgehead atoms. The van der Waals surface area contributed by atoms with E-state index in [-0.39, 0.29) is 11.2 Å². The molecule has 0 spiro atoms. The predicted octanol–water partition coefficient (Wildman–Crippen LogP) is 3.46. The van der Waals surface area contributed by atoms with E-state index >= 15 is 0 Å². The van der Waals surface area contributed by atoms with Crippen molar-refractivity contribution in [2.75, 3.05) is 0 Å². The van der Waals surface area contributed by atoms with Crippen molar-refractivity contribution in [3.05, 3.63) is 24.1 Å². The van der Waals surface area contributed by atoms with Crippen molar-refractivity contribution in [2.45, 2.75) is 27.7 Å². The molecule has 0 rings (SSSR count). The molecule has 0 aliphatic rings. The van der Waals surface area contributed by atoms with Gasteiger partial charge in [0.25, 0.3) is 0 Å². The van der Waals surface area contributed by atoms with Crippen molar-refractivity contribution in [3.63, 3.8) is 0 Å². The van der Waals surface area contributed by atoms with Gasteiger partial charge in [-0.2, -0.15) is 0 Å². The summed E-state index contributed by atoms with van der Waals surface area (Å²) in [6, 6.07) is 0. The zero-order valence-corrected chi connectivity index (χ0v) is 7.16. The largest absolute Gasteiger partial charge is 0.212 e. The summed E-state index contributed by atoms with van der Waals surface area (Å²) >= 11 is 0. The maximum Gasteiger partial charge on any atom is 0.0971 e. The lowest BCUT2D eigenvalue weighted by Crippen LogP contribution is -2.06. The third-order valence-electron chi connectivity index (χ3n) is 1.34. The summed E-state index contributed by atoms with van der Waals surface area (Å²) in [6.45, 7) is 11.2. The Labute approximate surface area is 62.4 Å². The lowest BCUT2D eigenvalue weighted by molar-refractivity contribution is 0.513. The van der Waals surface area contributed by atoms with Crippen LogP contribution in [-0.2, 0) is 0 Å². The van der Waals surface area contributed by atoms with Crippen molar-refractivity contribution in [3.8, 4) is 0 Å². The molecule has 0 heterocycles. The molecular formula is C9H15F. The van der Waals surface area contributed by atoms with Crippen LogP contribution >= 0.6 is 0 Å². The van der Waals surface area contributed by atoms with Gasteiger partial charge in [0.1, 0.15) is 0 Å². The van der Waals surface area contributed by atoms with Gasteiger partial charge in [-0.3, -0.25) is 0 Å². The Morgan fingerprint density at radius 2 is 1.80 bits per heavy atom. The van der Waals surface area contributed by atoms with E-state index in [4.69, 9.17) is 0 Å². The van der Waals surface area contributed by atoms with E-state index in [9.17, 15) is 4.39 Å². The van der Waals surface area contributed by atoms with Gasteiger partial charge in [-0.15, -0.1) is 0 Å². The van der Waals surface area contributed by atoms with Crippen LogP contribution in [-0.4, -0.2) is 0 Å². The summed E-state index contributed by atoms with van der Waals surface area (Å²) in [5, 5.41) is 0. The molecule has 58 valence electrons. The maximum atomic E-state index is 12.3. The van der Waals surface area contributed by atoms with Crippen molar-refractivity contribution in [2.24, 2.45) is 5.41 Å². The minimum absolute atomic E-state index is 0.0205. The first-order valence-corrected chi connectivity index (χ1v) is 3.37. The molecule has 0 saturated carbocycles. The van der Waals surface area contributed by atoms with E-state index in [1.54, 1.807) is 0 Å². The van der Waals surface area contributed by atoms with Gasteiger partial charge in [0.2, 0.25) is 0 Å². The molecule has 0 saturated heterocycles. The first-order valence-electron chi connectivity index (χ1n) is 3.37. The standard InChI is InChI=1S/C9H15F/c1-7(6-8(2)10)9(3,4)5/h6H,1H2,2-5H3/b8-6+. The minimum Gasteiger partial charge on any atom is -0.212 e. The van der Waals surface area contributed by atoms with Crippen LogP contribution in [0.25, 0.3) is 0 Å². The fraction of sp³-hybridized carbons (Fsp3) is 0.556. The van der Waals surface area contributed by atoms with Gasteiger partial charge in [-0.25, -0.2) is 4.39 Å². The summed E-state index contributed by atoms with van der Waals surface area (Å²) in [7, 11) is 0. The van der Waals surface area contributed by atoms with Crippen LogP contribution in [0.4, 0.5) is 4.39 Å². The molecule has 0 aromatic carbocycles. The summed E-state index contributed by atoms with van der Waals surface area (Å²) < 4.78 is 12.3. The van der Waals surface area contributed by atoms with Crippen LogP contribution in [0.5, 0.6) is 0 Å². The van der Waals surface area contributed by atoms with Crippen LogP contribution in [0.2, 0.25) is 0 Å². The Balaban J connectivity index is 4.27. The molecule has 0 nitrogen and oxygen atoms in total. The van der Waals surface area contributed by atoms with E-state index in [0.717, 1.165) is 5.57 Å². The first-order chi connectivity index (χ1) is 4.34. The smallest absolute Gasteiger partial charge is 0.0971 e. The van der Waals surface area contributed by atoms with Gasteiger partial charge in [-0.1, -0.05) is 27.4 Å². The fourth-order valence-corrected chi connectivity index (χ4v) is 0.457. The van der Waals surface area contributed by atoms with Crippen LogP contribution < -0.4 is 0 Å². The van der Waals surface area contributed by atoms with E-state index in [2.05, 4.69) is 6.58 Å². The number of allylic oxidation sites excluding steroid dienone is 3. The highest BCUT2D eigenvalue weighted by atomic mass is 19.1. The van der Waals surface area contributed by atoms with E-state index in [0.29, 0.717) is 0 Å². The second kappa shape index (κ2) is 3.00. The Morgan fingerprint density at radius 3 is 1.90 bits per heavy atom. The van der Waals surface area contributed by atoms with Gasteiger partial charge >= 0.3 is 0 Å². The van der Waals surface area contributed by atoms with E-state index in [1.165, 1.54) is 13.0 Å². The number of halogens is 1. The summed E-state index contributed by atoms with van der Waals surface area (Å²) in [5.41, 5.74) is 0.806. The zero-order valence-electron chi connectivity index (χ0n) is 7.16. The maximum absolute atomic E-state index is 12.3. The first kappa shape index (κ1) is 9.41. The molecule has 0 aliphatic carbocycles. The monoisotopic (exact) mass is 142 g/mol. The minimum atomic E-state index is -0.181. The quantitative estimate of drug-likeness (QED) is 0.492. The lowest BCUT2D eigenvalue weighted by atomic mass is 9.87. The third-order valence-corrected chi connectivity index (χ3v) is 1.34. The summed E-state index contributed by atoms with van der Waals surface area (Å²) in [5.74, 6) is -0.181. The van der Waals surface area contributed by atoms with Crippen molar-refractivity contribution < 1.29 is 4.39 Å². The molecule has 0 radical (unpaired) electrons. The van der Waals surface area contributed by atoms with Crippen LogP contribution in [0.3, 0.4) is 0 Å². The average molecular weight is 142 g/mol. The van der Waals surface area contributed by atoms with Crippen molar-refractivity contribution in [1.82, 2.24) is 0 Å². The SMILES string of the molecule is C=C(/C=C(\C)F)C(C)(C)C. The molecule has 0 aromatic rings. The van der Waals surface area contributed by atoms with Crippen LogP contribution in [0.1, 0.15) is 27.7 Å². The number of hydrogen-bond acceptors (Lipinski definition) is 0. The van der Waals surface area contributed by atoms with Gasteiger partial charge in [0.15, 0.2) is 0 Å². The molecule has 0 N–H and O–H groups in total. The van der Waals surface area contributed by atoms with E-state index < -0.39 is 0 Å². The van der Waals surface area contributed by atoms with Crippen LogP contribution in [0.15, 0.2) is 24.1 Å². The summed E-state index contributed by atoms with van der Waals surface area (Å²) in [6.07, 6.45) is 1.47. The third kappa shape index (κ3) is 3.44. The van der Waals surface area contributed by atoms with Crippen molar-refractivity contribution in [1.29, 1.82) is 0 Å². The zero-order chi connectivity index (χ0) is 8.36. The Morgan fingerprint density at radius 1 is 1.40 bits per heavy atom. The molecule has 0 aromatic heterocycles. The average Bonchev–Trinajstić information content (AvgIpc) is 1.60. The number of rotatable bonds is 1. The van der Waals surface area contributed by atoms with Gasteiger partial charge in [0, 0.05) is 0 Å². The van der Waals surface area contributed by atoms with Gasteiger partial charge in [0.05, 0.1) is 5.83 Å². The highest BCUT2D eigenvalue weighted by Gasteiger charge is 2.12. The molecule has 0 aliphatic heterocycles. The van der Waals surface area contributed by atoms with Crippen molar-refractivity contribution >= 4 is 0 Å². The predicted molar refractivity (Wildman–Crippen MR) is 43.5 cm³/mol. The molecule has 1 heteroatoms. The fourth-order valence-electron chi connectivity index (χ4n) is 0.457. The molecule has 0 fully saturated rings. The molecule has 10 heavy (non-hydrogen) atoms. The van der Waals surface area contributed by atoms with E-state index in [1.807, 2.05) is 20.8 Å². The molecular weight excluding hydrogens is 127 g/mol. The Hall–Kier alpha value is -0.590. The highest BCUT2D eigenvalue weighted by Crippen LogP contribution is 2.25. The molecule has 0 atom stereocenters. The topological polar surface area (TPSA) is 0 Å². The Bertz CT molecular complexity index is 154. The van der Waals surface area contributed by atoms with Gasteiger partial charge in [-0.05, 0) is 24.0 Å². The second-order valence-electron chi connectivity index (χ2n) is 3.51. The van der Waals surface area contributed by atoms with Crippen LogP contribution in [0, 0.1) is 5.41 Å². The highest BCUT2D eigenvalue weighted by molar-refractivity contribution is 5.22. The molecule has 0 amide bonds. The van der Waals surface area contributed by atoms with Gasteiger partial charge < -0.3 is 0 Å². The Kier molecular flexibility index (Phi) is 2.82. The number of hydrogen-bond donors (Lipinski definition) is 0. The summed E-state index contributed by atoms with van der Waals surface area (Å²) in [4.78, 5) is 0. The lowest BCUT2D eigenvalue weighted by Gasteiger charge is -2.18.